The van der Waals surface area contributed by atoms with E-state index in [1.54, 1.807) is 4.52 Å². The Hall–Kier alpha value is -2.25. The maximum absolute atomic E-state index is 5.86. The Bertz CT molecular complexity index is 1050. The number of benzene rings is 2. The Morgan fingerprint density at radius 3 is 2.36 bits per heavy atom. The van der Waals surface area contributed by atoms with Crippen molar-refractivity contribution in [3.8, 4) is 22.9 Å². The van der Waals surface area contributed by atoms with Crippen LogP contribution in [0.25, 0.3) is 16.9 Å². The monoisotopic (exact) mass is 458 g/mol. The number of halogens is 2. The smallest absolute Gasteiger partial charge is 0.260 e. The first-order chi connectivity index (χ1) is 12.1. The number of rotatable bonds is 3. The molecule has 5 nitrogen and oxygen atoms in total. The molecule has 0 aliphatic carbocycles. The quantitative estimate of drug-likeness (QED) is 0.410. The second-order valence-electron chi connectivity index (χ2n) is 5.41. The molecule has 0 aliphatic rings. The molecule has 0 fully saturated rings. The van der Waals surface area contributed by atoms with Crippen molar-refractivity contribution in [2.45, 2.75) is 6.92 Å². The molecule has 0 bridgehead atoms. The molecule has 2 aromatic carbocycles. The van der Waals surface area contributed by atoms with Crippen LogP contribution in [0.4, 0.5) is 0 Å². The molecule has 2 heterocycles. The Labute approximate surface area is 160 Å². The van der Waals surface area contributed by atoms with E-state index in [2.05, 4.69) is 47.2 Å². The lowest BCUT2D eigenvalue weighted by Gasteiger charge is -2.07. The van der Waals surface area contributed by atoms with E-state index in [0.717, 1.165) is 25.9 Å². The minimum atomic E-state index is 0.421. The number of aromatic nitrogens is 4. The summed E-state index contributed by atoms with van der Waals surface area (Å²) in [6.07, 6.45) is 0. The van der Waals surface area contributed by atoms with Crippen LogP contribution in [-0.2, 0) is 0 Å². The molecule has 0 aliphatic heterocycles. The molecule has 0 saturated heterocycles. The third kappa shape index (κ3) is 3.05. The third-order valence-corrected chi connectivity index (χ3v) is 5.00. The molecular formula is C18H12Br2N4O. The maximum atomic E-state index is 5.86. The van der Waals surface area contributed by atoms with Gasteiger partial charge in [0.25, 0.3) is 5.88 Å². The van der Waals surface area contributed by atoms with Crippen LogP contribution in [0.3, 0.4) is 0 Å². The van der Waals surface area contributed by atoms with Crippen molar-refractivity contribution in [3.63, 3.8) is 0 Å². The van der Waals surface area contributed by atoms with Crippen LogP contribution in [-0.4, -0.2) is 19.8 Å². The van der Waals surface area contributed by atoms with E-state index >= 15 is 0 Å². The highest BCUT2D eigenvalue weighted by atomic mass is 79.9. The van der Waals surface area contributed by atoms with Crippen molar-refractivity contribution < 1.29 is 4.74 Å². The van der Waals surface area contributed by atoms with Gasteiger partial charge in [-0.3, -0.25) is 0 Å². The van der Waals surface area contributed by atoms with Gasteiger partial charge in [-0.05, 0) is 47.1 Å². The highest BCUT2D eigenvalue weighted by molar-refractivity contribution is 9.11. The molecule has 25 heavy (non-hydrogen) atoms. The van der Waals surface area contributed by atoms with E-state index in [1.807, 2.05) is 61.5 Å². The van der Waals surface area contributed by atoms with Crippen LogP contribution in [0, 0.1) is 6.92 Å². The van der Waals surface area contributed by atoms with Gasteiger partial charge in [-0.15, -0.1) is 10.2 Å². The summed E-state index contributed by atoms with van der Waals surface area (Å²) in [5.41, 5.74) is 3.25. The molecule has 2 aromatic heterocycles. The van der Waals surface area contributed by atoms with Crippen molar-refractivity contribution in [1.82, 2.24) is 19.8 Å². The molecule has 0 spiro atoms. The zero-order chi connectivity index (χ0) is 17.4. The summed E-state index contributed by atoms with van der Waals surface area (Å²) < 4.78 is 9.40. The molecular weight excluding hydrogens is 448 g/mol. The number of aryl methyl sites for hydroxylation is 1. The highest BCUT2D eigenvalue weighted by Crippen LogP contribution is 2.32. The number of hydrogen-bond donors (Lipinski definition) is 0. The summed E-state index contributed by atoms with van der Waals surface area (Å²) in [7, 11) is 0. The predicted molar refractivity (Wildman–Crippen MR) is 103 cm³/mol. The molecule has 0 unspecified atom stereocenters. The molecule has 124 valence electrons. The largest absolute Gasteiger partial charge is 0.436 e. The van der Waals surface area contributed by atoms with Crippen molar-refractivity contribution in [3.05, 3.63) is 69.2 Å². The Morgan fingerprint density at radius 2 is 1.64 bits per heavy atom. The number of hydrogen-bond acceptors (Lipinski definition) is 4. The third-order valence-electron chi connectivity index (χ3n) is 3.74. The van der Waals surface area contributed by atoms with E-state index in [1.165, 1.54) is 0 Å². The van der Waals surface area contributed by atoms with Crippen molar-refractivity contribution in [1.29, 1.82) is 0 Å². The van der Waals surface area contributed by atoms with Crippen LogP contribution in [0.2, 0.25) is 0 Å². The van der Waals surface area contributed by atoms with E-state index < -0.39 is 0 Å². The molecule has 0 saturated carbocycles. The first-order valence-electron chi connectivity index (χ1n) is 7.54. The lowest BCUT2D eigenvalue weighted by atomic mass is 10.2. The van der Waals surface area contributed by atoms with Crippen LogP contribution >= 0.6 is 31.9 Å². The number of ether oxygens (including phenoxy) is 1. The SMILES string of the molecule is Cc1c(Oc2ccc(Br)cc2)nnc2c(Br)c(-c3ccccc3)nn12. The number of nitrogens with zero attached hydrogens (tertiary/aromatic N) is 4. The predicted octanol–water partition coefficient (Wildman–Crippen LogP) is 5.42. The molecule has 4 rings (SSSR count). The topological polar surface area (TPSA) is 52.3 Å². The fourth-order valence-electron chi connectivity index (χ4n) is 2.45. The van der Waals surface area contributed by atoms with Gasteiger partial charge in [0.2, 0.25) is 0 Å². The van der Waals surface area contributed by atoms with Crippen LogP contribution in [0.1, 0.15) is 5.69 Å². The summed E-state index contributed by atoms with van der Waals surface area (Å²) in [5, 5.41) is 13.2. The Morgan fingerprint density at radius 1 is 0.920 bits per heavy atom. The van der Waals surface area contributed by atoms with Gasteiger partial charge >= 0.3 is 0 Å². The van der Waals surface area contributed by atoms with Crippen LogP contribution < -0.4 is 4.74 Å². The minimum Gasteiger partial charge on any atom is -0.436 e. The highest BCUT2D eigenvalue weighted by Gasteiger charge is 2.18. The summed E-state index contributed by atoms with van der Waals surface area (Å²) in [5.74, 6) is 1.11. The Balaban J connectivity index is 1.79. The lowest BCUT2D eigenvalue weighted by molar-refractivity contribution is 0.444. The Kier molecular flexibility index (Phi) is 4.27. The van der Waals surface area contributed by atoms with Crippen molar-refractivity contribution >= 4 is 37.5 Å². The zero-order valence-electron chi connectivity index (χ0n) is 13.1. The van der Waals surface area contributed by atoms with Gasteiger partial charge in [0.05, 0.1) is 4.47 Å². The van der Waals surface area contributed by atoms with Crippen molar-refractivity contribution in [2.75, 3.05) is 0 Å². The van der Waals surface area contributed by atoms with E-state index in [9.17, 15) is 0 Å². The second-order valence-corrected chi connectivity index (χ2v) is 7.12. The summed E-state index contributed by atoms with van der Waals surface area (Å²) in [4.78, 5) is 0. The van der Waals surface area contributed by atoms with Gasteiger partial charge in [0, 0.05) is 10.0 Å². The zero-order valence-corrected chi connectivity index (χ0v) is 16.3. The van der Waals surface area contributed by atoms with E-state index in [4.69, 9.17) is 4.74 Å². The van der Waals surface area contributed by atoms with E-state index in [0.29, 0.717) is 17.3 Å². The minimum absolute atomic E-state index is 0.421. The maximum Gasteiger partial charge on any atom is 0.260 e. The fraction of sp³-hybridized carbons (Fsp3) is 0.0556. The van der Waals surface area contributed by atoms with Gasteiger partial charge in [-0.25, -0.2) is 4.52 Å². The van der Waals surface area contributed by atoms with Crippen LogP contribution in [0.15, 0.2) is 63.5 Å². The van der Waals surface area contributed by atoms with Gasteiger partial charge in [0.15, 0.2) is 5.65 Å². The van der Waals surface area contributed by atoms with Crippen molar-refractivity contribution in [2.24, 2.45) is 0 Å². The van der Waals surface area contributed by atoms with Gasteiger partial charge in [-0.1, -0.05) is 46.3 Å². The first-order valence-corrected chi connectivity index (χ1v) is 9.12. The van der Waals surface area contributed by atoms with E-state index in [-0.39, 0.29) is 0 Å². The first kappa shape index (κ1) is 16.2. The summed E-state index contributed by atoms with van der Waals surface area (Å²) >= 11 is 7.00. The number of fused-ring (bicyclic) bond motifs is 1. The normalized spacial score (nSPS) is 11.0. The van der Waals surface area contributed by atoms with Gasteiger partial charge in [0.1, 0.15) is 17.1 Å². The van der Waals surface area contributed by atoms with Gasteiger partial charge in [-0.2, -0.15) is 5.10 Å². The molecule has 0 atom stereocenters. The average molecular weight is 460 g/mol. The second kappa shape index (κ2) is 6.57. The standard InChI is InChI=1S/C18H12Br2N4O/c1-11-18(25-14-9-7-13(19)8-10-14)22-21-17-15(20)16(23-24(11)17)12-5-3-2-4-6-12/h2-10H,1H3. The summed E-state index contributed by atoms with van der Waals surface area (Å²) in [6.45, 7) is 1.91. The van der Waals surface area contributed by atoms with Gasteiger partial charge < -0.3 is 4.74 Å². The fourth-order valence-corrected chi connectivity index (χ4v) is 3.27. The lowest BCUT2D eigenvalue weighted by Crippen LogP contribution is -2.02. The molecule has 0 radical (unpaired) electrons. The average Bonchev–Trinajstić information content (AvgIpc) is 2.98. The molecule has 7 heteroatoms. The molecule has 0 amide bonds. The molecule has 4 aromatic rings. The molecule has 0 N–H and O–H groups in total. The summed E-state index contributed by atoms with van der Waals surface area (Å²) in [6, 6.07) is 17.5. The van der Waals surface area contributed by atoms with Crippen LogP contribution in [0.5, 0.6) is 11.6 Å².